The van der Waals surface area contributed by atoms with Crippen LogP contribution in [0, 0.1) is 0 Å². The third kappa shape index (κ3) is 26.9. The molecule has 0 saturated carbocycles. The Balaban J connectivity index is 3.67. The summed E-state index contributed by atoms with van der Waals surface area (Å²) < 4.78 is 5.04. The average Bonchev–Trinajstić information content (AvgIpc) is 2.92. The van der Waals surface area contributed by atoms with Crippen molar-refractivity contribution >= 4 is 23.2 Å². The van der Waals surface area contributed by atoms with E-state index in [1.54, 1.807) is 0 Å². The first kappa shape index (κ1) is 37.4. The molecule has 0 amide bonds. The Hall–Kier alpha value is -0.640. The highest BCUT2D eigenvalue weighted by molar-refractivity contribution is 7.80. The van der Waals surface area contributed by atoms with Crippen molar-refractivity contribution in [2.75, 3.05) is 7.11 Å². The lowest BCUT2D eigenvalue weighted by Crippen LogP contribution is -2.40. The van der Waals surface area contributed by atoms with Crippen molar-refractivity contribution in [2.24, 2.45) is 0 Å². The molecule has 1 atom stereocenters. The van der Waals surface area contributed by atoms with Crippen molar-refractivity contribution in [1.29, 1.82) is 0 Å². The minimum absolute atomic E-state index is 0.170. The maximum Gasteiger partial charge on any atom is 0.328 e. The minimum Gasteiger partial charge on any atom is -0.467 e. The van der Waals surface area contributed by atoms with E-state index in [0.717, 1.165) is 30.7 Å². The Morgan fingerprint density at radius 1 is 0.553 bits per heavy atom. The maximum absolute atomic E-state index is 12.2. The summed E-state index contributed by atoms with van der Waals surface area (Å²) in [5, 5.41) is 3.31. The standard InChI is InChI=1S/C34H67NO2S/c1-4-6-8-10-12-14-16-18-20-22-24-26-28-30-32(34(36)37-3)35-33(38)31-29-27-25-23-21-19-17-15-13-11-9-7-5-2/h32H,4-31H2,1-3H3,(H,35,38). The first-order chi connectivity index (χ1) is 18.7. The smallest absolute Gasteiger partial charge is 0.328 e. The number of methoxy groups -OCH3 is 1. The molecule has 1 unspecified atom stereocenters. The van der Waals surface area contributed by atoms with E-state index in [4.69, 9.17) is 17.0 Å². The molecule has 0 heterocycles. The molecule has 0 fully saturated rings. The van der Waals surface area contributed by atoms with E-state index in [9.17, 15) is 4.79 Å². The van der Waals surface area contributed by atoms with E-state index in [-0.39, 0.29) is 12.0 Å². The highest BCUT2D eigenvalue weighted by Crippen LogP contribution is 2.15. The van der Waals surface area contributed by atoms with E-state index in [2.05, 4.69) is 19.2 Å². The number of unbranched alkanes of at least 4 members (excludes halogenated alkanes) is 24. The van der Waals surface area contributed by atoms with Crippen molar-refractivity contribution in [3.63, 3.8) is 0 Å². The van der Waals surface area contributed by atoms with E-state index >= 15 is 0 Å². The van der Waals surface area contributed by atoms with Gasteiger partial charge in [0.05, 0.1) is 12.1 Å². The van der Waals surface area contributed by atoms with Gasteiger partial charge in [-0.25, -0.2) is 4.79 Å². The van der Waals surface area contributed by atoms with Crippen LogP contribution in [0.4, 0.5) is 0 Å². The van der Waals surface area contributed by atoms with E-state index in [1.165, 1.54) is 161 Å². The van der Waals surface area contributed by atoms with Gasteiger partial charge >= 0.3 is 5.97 Å². The van der Waals surface area contributed by atoms with Crippen LogP contribution in [0.2, 0.25) is 0 Å². The zero-order valence-electron chi connectivity index (χ0n) is 26.1. The molecule has 0 aromatic carbocycles. The lowest BCUT2D eigenvalue weighted by Gasteiger charge is -2.18. The highest BCUT2D eigenvalue weighted by Gasteiger charge is 2.19. The van der Waals surface area contributed by atoms with Crippen molar-refractivity contribution < 1.29 is 9.53 Å². The number of ether oxygens (including phenoxy) is 1. The molecular weight excluding hydrogens is 486 g/mol. The highest BCUT2D eigenvalue weighted by atomic mass is 32.1. The fourth-order valence-electron chi connectivity index (χ4n) is 5.33. The Morgan fingerprint density at radius 3 is 1.21 bits per heavy atom. The lowest BCUT2D eigenvalue weighted by molar-refractivity contribution is -0.142. The van der Waals surface area contributed by atoms with Crippen LogP contribution < -0.4 is 5.32 Å². The SMILES string of the molecule is CCCCCCCCCCCCCCCC(=S)NC(CCCCCCCCCCCCCCC)C(=O)OC. The molecule has 0 saturated heterocycles. The molecule has 0 aliphatic heterocycles. The van der Waals surface area contributed by atoms with Crippen molar-refractivity contribution in [2.45, 2.75) is 200 Å². The second-order valence-corrected chi connectivity index (χ2v) is 12.2. The van der Waals surface area contributed by atoms with Crippen LogP contribution >= 0.6 is 12.2 Å². The monoisotopic (exact) mass is 553 g/mol. The number of carbonyl (C=O) groups is 1. The first-order valence-electron chi connectivity index (χ1n) is 17.0. The number of hydrogen-bond donors (Lipinski definition) is 1. The van der Waals surface area contributed by atoms with Crippen LogP contribution in [0.15, 0.2) is 0 Å². The summed E-state index contributed by atoms with van der Waals surface area (Å²) in [6.07, 6.45) is 36.7. The van der Waals surface area contributed by atoms with E-state index in [1.807, 2.05) is 0 Å². The van der Waals surface area contributed by atoms with Crippen molar-refractivity contribution in [3.05, 3.63) is 0 Å². The fourth-order valence-corrected chi connectivity index (χ4v) is 5.61. The predicted molar refractivity (Wildman–Crippen MR) is 172 cm³/mol. The van der Waals surface area contributed by atoms with Crippen LogP contribution in [-0.4, -0.2) is 24.1 Å². The van der Waals surface area contributed by atoms with Gasteiger partial charge in [0, 0.05) is 0 Å². The van der Waals surface area contributed by atoms with Crippen LogP contribution in [0.5, 0.6) is 0 Å². The number of carbonyl (C=O) groups excluding carboxylic acids is 1. The molecule has 0 aromatic heterocycles. The van der Waals surface area contributed by atoms with Crippen LogP contribution in [0.25, 0.3) is 0 Å². The Morgan fingerprint density at radius 2 is 0.868 bits per heavy atom. The Kier molecular flexibility index (Phi) is 30.4. The molecule has 38 heavy (non-hydrogen) atoms. The molecule has 4 heteroatoms. The van der Waals surface area contributed by atoms with Crippen LogP contribution in [-0.2, 0) is 9.53 Å². The summed E-state index contributed by atoms with van der Waals surface area (Å²) in [6, 6.07) is -0.276. The average molecular weight is 554 g/mol. The maximum atomic E-state index is 12.2. The fraction of sp³-hybridized carbons (Fsp3) is 0.941. The van der Waals surface area contributed by atoms with Gasteiger partial charge in [-0.3, -0.25) is 0 Å². The molecular formula is C34H67NO2S. The molecule has 0 aliphatic rings. The van der Waals surface area contributed by atoms with Gasteiger partial charge in [0.25, 0.3) is 0 Å². The molecule has 0 bridgehead atoms. The largest absolute Gasteiger partial charge is 0.467 e. The second-order valence-electron chi connectivity index (χ2n) is 11.7. The molecule has 1 N–H and O–H groups in total. The zero-order valence-corrected chi connectivity index (χ0v) is 26.9. The number of rotatable bonds is 30. The molecule has 0 radical (unpaired) electrons. The topological polar surface area (TPSA) is 38.3 Å². The van der Waals surface area contributed by atoms with E-state index in [0.29, 0.717) is 0 Å². The van der Waals surface area contributed by atoms with Crippen LogP contribution in [0.3, 0.4) is 0 Å². The van der Waals surface area contributed by atoms with Gasteiger partial charge < -0.3 is 10.1 Å². The van der Waals surface area contributed by atoms with Gasteiger partial charge in [0.15, 0.2) is 0 Å². The Labute approximate surface area is 244 Å². The van der Waals surface area contributed by atoms with Gasteiger partial charge in [0.1, 0.15) is 6.04 Å². The number of thiocarbonyl (C=S) groups is 1. The lowest BCUT2D eigenvalue weighted by atomic mass is 10.0. The summed E-state index contributed by atoms with van der Waals surface area (Å²) >= 11 is 5.57. The van der Waals surface area contributed by atoms with Crippen LogP contribution in [0.1, 0.15) is 194 Å². The molecule has 0 spiro atoms. The van der Waals surface area contributed by atoms with E-state index < -0.39 is 0 Å². The third-order valence-corrected chi connectivity index (χ3v) is 8.25. The predicted octanol–water partition coefficient (Wildman–Crippen LogP) is 11.4. The van der Waals surface area contributed by atoms with Gasteiger partial charge in [-0.2, -0.15) is 0 Å². The van der Waals surface area contributed by atoms with Gasteiger partial charge in [0.2, 0.25) is 0 Å². The molecule has 0 aliphatic carbocycles. The number of hydrogen-bond acceptors (Lipinski definition) is 3. The van der Waals surface area contributed by atoms with Crippen molar-refractivity contribution in [1.82, 2.24) is 5.32 Å². The second kappa shape index (κ2) is 30.9. The number of nitrogens with one attached hydrogen (secondary N) is 1. The zero-order chi connectivity index (χ0) is 27.9. The summed E-state index contributed by atoms with van der Waals surface area (Å²) in [6.45, 7) is 4.56. The van der Waals surface area contributed by atoms with Gasteiger partial charge in [-0.15, -0.1) is 0 Å². The molecule has 226 valence electrons. The molecule has 0 aromatic rings. The minimum atomic E-state index is -0.276. The summed E-state index contributed by atoms with van der Waals surface area (Å²) in [5.74, 6) is -0.170. The van der Waals surface area contributed by atoms with Gasteiger partial charge in [-0.05, 0) is 19.3 Å². The third-order valence-electron chi connectivity index (χ3n) is 7.92. The quantitative estimate of drug-likeness (QED) is 0.0545. The molecule has 0 rings (SSSR count). The Bertz CT molecular complexity index is 511. The van der Waals surface area contributed by atoms with Crippen molar-refractivity contribution in [3.8, 4) is 0 Å². The first-order valence-corrected chi connectivity index (χ1v) is 17.4. The van der Waals surface area contributed by atoms with Gasteiger partial charge in [-0.1, -0.05) is 187 Å². The summed E-state index contributed by atoms with van der Waals surface area (Å²) in [5.41, 5.74) is 0. The number of esters is 1. The summed E-state index contributed by atoms with van der Waals surface area (Å²) in [7, 11) is 1.48. The summed E-state index contributed by atoms with van der Waals surface area (Å²) in [4.78, 5) is 13.1. The molecule has 3 nitrogen and oxygen atoms in total. The normalized spacial score (nSPS) is 12.0.